The van der Waals surface area contributed by atoms with Crippen molar-refractivity contribution in [2.75, 3.05) is 5.32 Å². The van der Waals surface area contributed by atoms with Crippen molar-refractivity contribution in [3.63, 3.8) is 0 Å². The van der Waals surface area contributed by atoms with Gasteiger partial charge in [0.25, 0.3) is 5.91 Å². The molecule has 20 heavy (non-hydrogen) atoms. The lowest BCUT2D eigenvalue weighted by molar-refractivity contribution is -0.122. The van der Waals surface area contributed by atoms with Gasteiger partial charge in [-0.2, -0.15) is 0 Å². The molecule has 0 bridgehead atoms. The van der Waals surface area contributed by atoms with Crippen molar-refractivity contribution in [3.8, 4) is 11.5 Å². The number of anilines is 1. The van der Waals surface area contributed by atoms with Gasteiger partial charge in [-0.15, -0.1) is 0 Å². The molecule has 0 aliphatic rings. The third-order valence-corrected chi connectivity index (χ3v) is 2.93. The summed E-state index contributed by atoms with van der Waals surface area (Å²) in [4.78, 5) is 12.0. The molecule has 0 aliphatic heterocycles. The third kappa shape index (κ3) is 3.29. The van der Waals surface area contributed by atoms with Crippen molar-refractivity contribution >= 4 is 11.6 Å². The summed E-state index contributed by atoms with van der Waals surface area (Å²) in [6, 6.07) is 14.1. The highest BCUT2D eigenvalue weighted by molar-refractivity contribution is 5.95. The highest BCUT2D eigenvalue weighted by atomic mass is 16.5. The first-order chi connectivity index (χ1) is 9.58. The molecule has 0 saturated carbocycles. The number of para-hydroxylation sites is 3. The lowest BCUT2D eigenvalue weighted by Gasteiger charge is -2.16. The second kappa shape index (κ2) is 6.10. The molecule has 0 aliphatic carbocycles. The predicted octanol–water partition coefficient (Wildman–Crippen LogP) is 3.11. The number of phenols is 1. The van der Waals surface area contributed by atoms with Crippen LogP contribution in [0.15, 0.2) is 48.5 Å². The van der Waals surface area contributed by atoms with Crippen molar-refractivity contribution in [2.24, 2.45) is 0 Å². The van der Waals surface area contributed by atoms with Crippen LogP contribution in [0.2, 0.25) is 0 Å². The summed E-state index contributed by atoms with van der Waals surface area (Å²) in [5.41, 5.74) is 1.34. The minimum absolute atomic E-state index is 0.0314. The number of aromatic hydroxyl groups is 1. The third-order valence-electron chi connectivity index (χ3n) is 2.93. The number of nitrogens with one attached hydrogen (secondary N) is 1. The second-order valence-electron chi connectivity index (χ2n) is 4.53. The highest BCUT2D eigenvalue weighted by Gasteiger charge is 2.16. The standard InChI is InChI=1S/C16H17NO3/c1-11-7-3-6-10-15(11)20-12(2)16(19)17-13-8-4-5-9-14(13)18/h3-10,12,18H,1-2H3,(H,17,19)/t12-/m1/s1. The minimum Gasteiger partial charge on any atom is -0.506 e. The zero-order chi connectivity index (χ0) is 14.5. The van der Waals surface area contributed by atoms with E-state index in [1.54, 1.807) is 25.1 Å². The molecular formula is C16H17NO3. The Morgan fingerprint density at radius 1 is 1.15 bits per heavy atom. The minimum atomic E-state index is -0.657. The van der Waals surface area contributed by atoms with Gasteiger partial charge in [-0.05, 0) is 37.6 Å². The Kier molecular flexibility index (Phi) is 4.25. The lowest BCUT2D eigenvalue weighted by Crippen LogP contribution is -2.30. The smallest absolute Gasteiger partial charge is 0.265 e. The Labute approximate surface area is 118 Å². The van der Waals surface area contributed by atoms with Crippen molar-refractivity contribution in [1.82, 2.24) is 0 Å². The molecule has 0 radical (unpaired) electrons. The average Bonchev–Trinajstić information content (AvgIpc) is 2.43. The molecule has 2 rings (SSSR count). The normalized spacial score (nSPS) is 11.7. The topological polar surface area (TPSA) is 58.6 Å². The quantitative estimate of drug-likeness (QED) is 0.840. The molecule has 0 heterocycles. The SMILES string of the molecule is Cc1ccccc1O[C@H](C)C(=O)Nc1ccccc1O. The highest BCUT2D eigenvalue weighted by Crippen LogP contribution is 2.22. The second-order valence-corrected chi connectivity index (χ2v) is 4.53. The summed E-state index contributed by atoms with van der Waals surface area (Å²) >= 11 is 0. The van der Waals surface area contributed by atoms with Crippen molar-refractivity contribution < 1.29 is 14.6 Å². The molecule has 0 saturated heterocycles. The Morgan fingerprint density at radius 3 is 2.50 bits per heavy atom. The maximum Gasteiger partial charge on any atom is 0.265 e. The summed E-state index contributed by atoms with van der Waals surface area (Å²) in [5.74, 6) is 0.395. The summed E-state index contributed by atoms with van der Waals surface area (Å²) in [7, 11) is 0. The van der Waals surface area contributed by atoms with Crippen molar-refractivity contribution in [1.29, 1.82) is 0 Å². The Hall–Kier alpha value is -2.49. The van der Waals surface area contributed by atoms with E-state index in [2.05, 4.69) is 5.32 Å². The van der Waals surface area contributed by atoms with Gasteiger partial charge >= 0.3 is 0 Å². The molecule has 0 unspecified atom stereocenters. The van der Waals surface area contributed by atoms with E-state index in [4.69, 9.17) is 4.74 Å². The summed E-state index contributed by atoms with van der Waals surface area (Å²) < 4.78 is 5.63. The van der Waals surface area contributed by atoms with Crippen LogP contribution in [0.4, 0.5) is 5.69 Å². The van der Waals surface area contributed by atoms with Crippen LogP contribution in [-0.2, 0) is 4.79 Å². The molecular weight excluding hydrogens is 254 g/mol. The van der Waals surface area contributed by atoms with E-state index in [9.17, 15) is 9.90 Å². The average molecular weight is 271 g/mol. The maximum absolute atomic E-state index is 12.0. The number of hydrogen-bond donors (Lipinski definition) is 2. The van der Waals surface area contributed by atoms with E-state index in [0.29, 0.717) is 11.4 Å². The van der Waals surface area contributed by atoms with Crippen LogP contribution in [0.5, 0.6) is 11.5 Å². The van der Waals surface area contributed by atoms with E-state index in [-0.39, 0.29) is 11.7 Å². The predicted molar refractivity (Wildman–Crippen MR) is 78.0 cm³/mol. The van der Waals surface area contributed by atoms with Gasteiger partial charge in [0.15, 0.2) is 6.10 Å². The summed E-state index contributed by atoms with van der Waals surface area (Å²) in [6.07, 6.45) is -0.657. The van der Waals surface area contributed by atoms with Gasteiger partial charge in [0, 0.05) is 0 Å². The van der Waals surface area contributed by atoms with Crippen LogP contribution < -0.4 is 10.1 Å². The van der Waals surface area contributed by atoms with Crippen molar-refractivity contribution in [2.45, 2.75) is 20.0 Å². The van der Waals surface area contributed by atoms with Crippen LogP contribution in [0.3, 0.4) is 0 Å². The number of amides is 1. The van der Waals surface area contributed by atoms with Gasteiger partial charge in [0.2, 0.25) is 0 Å². The van der Waals surface area contributed by atoms with Gasteiger partial charge in [0.05, 0.1) is 5.69 Å². The Morgan fingerprint density at radius 2 is 1.80 bits per heavy atom. The molecule has 1 atom stereocenters. The van der Waals surface area contributed by atoms with Crippen LogP contribution in [-0.4, -0.2) is 17.1 Å². The molecule has 2 N–H and O–H groups in total. The Balaban J connectivity index is 2.03. The monoisotopic (exact) mass is 271 g/mol. The molecule has 4 nitrogen and oxygen atoms in total. The van der Waals surface area contributed by atoms with Gasteiger partial charge in [-0.25, -0.2) is 0 Å². The van der Waals surface area contributed by atoms with Crippen LogP contribution in [0.1, 0.15) is 12.5 Å². The van der Waals surface area contributed by atoms with E-state index in [0.717, 1.165) is 5.56 Å². The lowest BCUT2D eigenvalue weighted by atomic mass is 10.2. The van der Waals surface area contributed by atoms with Crippen LogP contribution in [0, 0.1) is 6.92 Å². The van der Waals surface area contributed by atoms with Gasteiger partial charge in [-0.1, -0.05) is 30.3 Å². The number of hydrogen-bond acceptors (Lipinski definition) is 3. The van der Waals surface area contributed by atoms with E-state index in [1.165, 1.54) is 6.07 Å². The van der Waals surface area contributed by atoms with Crippen LogP contribution >= 0.6 is 0 Å². The Bertz CT molecular complexity index is 610. The number of carbonyl (C=O) groups is 1. The first-order valence-electron chi connectivity index (χ1n) is 6.39. The van der Waals surface area contributed by atoms with Crippen LogP contribution in [0.25, 0.3) is 0 Å². The summed E-state index contributed by atoms with van der Waals surface area (Å²) in [6.45, 7) is 3.59. The number of phenolic OH excluding ortho intramolecular Hbond substituents is 1. The molecule has 104 valence electrons. The van der Waals surface area contributed by atoms with E-state index >= 15 is 0 Å². The van der Waals surface area contributed by atoms with Gasteiger partial charge in [-0.3, -0.25) is 4.79 Å². The molecule has 2 aromatic carbocycles. The molecule has 0 aromatic heterocycles. The fourth-order valence-corrected chi connectivity index (χ4v) is 1.75. The zero-order valence-electron chi connectivity index (χ0n) is 11.5. The van der Waals surface area contributed by atoms with E-state index < -0.39 is 6.10 Å². The first-order valence-corrected chi connectivity index (χ1v) is 6.39. The fourth-order valence-electron chi connectivity index (χ4n) is 1.75. The fraction of sp³-hybridized carbons (Fsp3) is 0.188. The number of carbonyl (C=O) groups excluding carboxylic acids is 1. The van der Waals surface area contributed by atoms with Gasteiger partial charge < -0.3 is 15.2 Å². The van der Waals surface area contributed by atoms with Gasteiger partial charge in [0.1, 0.15) is 11.5 Å². The first kappa shape index (κ1) is 13.9. The molecule has 0 fully saturated rings. The number of benzene rings is 2. The number of rotatable bonds is 4. The number of ether oxygens (including phenoxy) is 1. The maximum atomic E-state index is 12.0. The van der Waals surface area contributed by atoms with E-state index in [1.807, 2.05) is 31.2 Å². The zero-order valence-corrected chi connectivity index (χ0v) is 11.5. The molecule has 0 spiro atoms. The molecule has 1 amide bonds. The molecule has 4 heteroatoms. The van der Waals surface area contributed by atoms with Crippen molar-refractivity contribution in [3.05, 3.63) is 54.1 Å². The summed E-state index contributed by atoms with van der Waals surface area (Å²) in [5, 5.41) is 12.3. The number of aryl methyl sites for hydroxylation is 1. The largest absolute Gasteiger partial charge is 0.506 e. The molecule has 2 aromatic rings.